The Morgan fingerprint density at radius 3 is 2.77 bits per heavy atom. The van der Waals surface area contributed by atoms with Gasteiger partial charge >= 0.3 is 5.69 Å². The van der Waals surface area contributed by atoms with Crippen molar-refractivity contribution in [2.45, 2.75) is 6.92 Å². The van der Waals surface area contributed by atoms with Crippen molar-refractivity contribution in [2.24, 2.45) is 0 Å². The lowest BCUT2D eigenvalue weighted by atomic mass is 10.2. The predicted molar refractivity (Wildman–Crippen MR) is 79.4 cm³/mol. The highest BCUT2D eigenvalue weighted by Crippen LogP contribution is 2.22. The summed E-state index contributed by atoms with van der Waals surface area (Å²) in [4.78, 5) is 40.7. The second kappa shape index (κ2) is 4.92. The van der Waals surface area contributed by atoms with Gasteiger partial charge in [0.25, 0.3) is 11.2 Å². The van der Waals surface area contributed by atoms with E-state index in [4.69, 9.17) is 0 Å². The topological polar surface area (TPSA) is 111 Å². The van der Waals surface area contributed by atoms with Crippen molar-refractivity contribution in [2.75, 3.05) is 0 Å². The lowest BCUT2D eigenvalue weighted by molar-refractivity contribution is -0.385. The summed E-state index contributed by atoms with van der Waals surface area (Å²) in [6.07, 6.45) is 1.44. The average molecular weight is 298 g/mol. The molecule has 0 saturated heterocycles. The molecule has 2 heterocycles. The third-order valence-corrected chi connectivity index (χ3v) is 3.31. The summed E-state index contributed by atoms with van der Waals surface area (Å²) in [5, 5.41) is 11.3. The van der Waals surface area contributed by atoms with E-state index in [1.165, 1.54) is 18.3 Å². The molecule has 0 atom stereocenters. The number of nitrogens with zero attached hydrogens (tertiary/aromatic N) is 3. The van der Waals surface area contributed by atoms with Crippen LogP contribution in [0.2, 0.25) is 0 Å². The Balaban J connectivity index is 2.41. The number of rotatable bonds is 2. The first-order valence-electron chi connectivity index (χ1n) is 6.34. The van der Waals surface area contributed by atoms with Crippen molar-refractivity contribution < 1.29 is 4.92 Å². The third-order valence-electron chi connectivity index (χ3n) is 3.31. The van der Waals surface area contributed by atoms with Gasteiger partial charge in [0.1, 0.15) is 0 Å². The first kappa shape index (κ1) is 13.7. The zero-order valence-corrected chi connectivity index (χ0v) is 11.4. The van der Waals surface area contributed by atoms with E-state index in [-0.39, 0.29) is 22.4 Å². The van der Waals surface area contributed by atoms with Crippen LogP contribution in [0, 0.1) is 17.0 Å². The van der Waals surface area contributed by atoms with Gasteiger partial charge in [-0.1, -0.05) is 6.07 Å². The molecule has 0 saturated carbocycles. The second-order valence-corrected chi connectivity index (χ2v) is 4.70. The summed E-state index contributed by atoms with van der Waals surface area (Å²) in [5.74, 6) is 0. The Hall–Kier alpha value is -3.29. The van der Waals surface area contributed by atoms with E-state index in [0.29, 0.717) is 5.56 Å². The average Bonchev–Trinajstić information content (AvgIpc) is 2.48. The van der Waals surface area contributed by atoms with Gasteiger partial charge in [-0.25, -0.2) is 14.3 Å². The van der Waals surface area contributed by atoms with Crippen molar-refractivity contribution in [1.29, 1.82) is 0 Å². The molecular formula is C14H10N4O4. The highest BCUT2D eigenvalue weighted by atomic mass is 16.6. The van der Waals surface area contributed by atoms with Gasteiger partial charge in [-0.2, -0.15) is 0 Å². The fourth-order valence-corrected chi connectivity index (χ4v) is 2.24. The molecule has 2 aromatic heterocycles. The summed E-state index contributed by atoms with van der Waals surface area (Å²) >= 11 is 0. The van der Waals surface area contributed by atoms with E-state index >= 15 is 0 Å². The van der Waals surface area contributed by atoms with Crippen molar-refractivity contribution in [3.05, 3.63) is 73.0 Å². The highest BCUT2D eigenvalue weighted by molar-refractivity contribution is 5.75. The molecule has 0 spiro atoms. The maximum Gasteiger partial charge on any atom is 0.334 e. The van der Waals surface area contributed by atoms with Crippen molar-refractivity contribution >= 4 is 16.7 Å². The molecule has 3 rings (SSSR count). The van der Waals surface area contributed by atoms with Gasteiger partial charge in [0.2, 0.25) is 0 Å². The molecule has 1 N–H and O–H groups in total. The third kappa shape index (κ3) is 2.06. The molecule has 0 unspecified atom stereocenters. The molecule has 0 aliphatic rings. The summed E-state index contributed by atoms with van der Waals surface area (Å²) in [7, 11) is 0. The number of nitro groups is 1. The normalized spacial score (nSPS) is 10.8. The van der Waals surface area contributed by atoms with Gasteiger partial charge in [-0.05, 0) is 25.1 Å². The molecule has 0 aliphatic heterocycles. The van der Waals surface area contributed by atoms with Crippen LogP contribution in [0.15, 0.2) is 46.1 Å². The summed E-state index contributed by atoms with van der Waals surface area (Å²) in [6, 6.07) is 7.49. The molecule has 110 valence electrons. The quantitative estimate of drug-likeness (QED) is 0.566. The number of fused-ring (bicyclic) bond motifs is 1. The molecule has 22 heavy (non-hydrogen) atoms. The Bertz CT molecular complexity index is 1020. The Morgan fingerprint density at radius 1 is 1.27 bits per heavy atom. The largest absolute Gasteiger partial charge is 0.334 e. The monoisotopic (exact) mass is 298 g/mol. The fraction of sp³-hybridized carbons (Fsp3) is 0.0714. The number of nitrogens with one attached hydrogen (secondary N) is 1. The van der Waals surface area contributed by atoms with Crippen LogP contribution in [0.5, 0.6) is 0 Å². The van der Waals surface area contributed by atoms with Crippen LogP contribution in [0.1, 0.15) is 5.56 Å². The molecule has 3 aromatic rings. The van der Waals surface area contributed by atoms with Crippen LogP contribution in [-0.2, 0) is 0 Å². The van der Waals surface area contributed by atoms with Crippen LogP contribution in [0.3, 0.4) is 0 Å². The molecule has 0 amide bonds. The molecule has 0 bridgehead atoms. The van der Waals surface area contributed by atoms with Gasteiger partial charge in [0.05, 0.1) is 16.0 Å². The SMILES string of the molecule is Cc1ccc(-n2c(=O)[nH]c(=O)c3cccnc32)cc1[N+](=O)[O-]. The zero-order valence-electron chi connectivity index (χ0n) is 11.4. The lowest BCUT2D eigenvalue weighted by Crippen LogP contribution is -2.29. The van der Waals surface area contributed by atoms with E-state index < -0.39 is 16.2 Å². The summed E-state index contributed by atoms with van der Waals surface area (Å²) in [5.41, 5.74) is -0.472. The number of pyridine rings is 1. The van der Waals surface area contributed by atoms with Crippen molar-refractivity contribution in [1.82, 2.24) is 14.5 Å². The van der Waals surface area contributed by atoms with Crippen LogP contribution in [0.25, 0.3) is 16.7 Å². The molecular weight excluding hydrogens is 288 g/mol. The van der Waals surface area contributed by atoms with Gasteiger partial charge in [-0.15, -0.1) is 0 Å². The number of hydrogen-bond acceptors (Lipinski definition) is 5. The van der Waals surface area contributed by atoms with Gasteiger partial charge in [0.15, 0.2) is 5.65 Å². The predicted octanol–water partition coefficient (Wildman–Crippen LogP) is 1.29. The van der Waals surface area contributed by atoms with Crippen LogP contribution in [-0.4, -0.2) is 19.5 Å². The number of nitro benzene ring substituents is 1. The van der Waals surface area contributed by atoms with E-state index in [2.05, 4.69) is 9.97 Å². The van der Waals surface area contributed by atoms with Crippen LogP contribution >= 0.6 is 0 Å². The summed E-state index contributed by atoms with van der Waals surface area (Å²) in [6.45, 7) is 1.61. The van der Waals surface area contributed by atoms with E-state index in [0.717, 1.165) is 4.57 Å². The minimum Gasteiger partial charge on any atom is -0.273 e. The molecule has 8 heteroatoms. The molecule has 0 aliphatic carbocycles. The molecule has 8 nitrogen and oxygen atoms in total. The van der Waals surface area contributed by atoms with Crippen molar-refractivity contribution in [3.63, 3.8) is 0 Å². The first-order chi connectivity index (χ1) is 10.5. The van der Waals surface area contributed by atoms with E-state index in [1.54, 1.807) is 25.1 Å². The smallest absolute Gasteiger partial charge is 0.273 e. The van der Waals surface area contributed by atoms with Gasteiger partial charge < -0.3 is 0 Å². The minimum absolute atomic E-state index is 0.111. The lowest BCUT2D eigenvalue weighted by Gasteiger charge is -2.09. The Kier molecular flexibility index (Phi) is 3.06. The fourth-order valence-electron chi connectivity index (χ4n) is 2.24. The van der Waals surface area contributed by atoms with E-state index in [1.807, 2.05) is 0 Å². The number of aromatic nitrogens is 3. The van der Waals surface area contributed by atoms with Gasteiger partial charge in [0, 0.05) is 17.8 Å². The maximum absolute atomic E-state index is 12.1. The molecule has 0 radical (unpaired) electrons. The molecule has 1 aromatic carbocycles. The zero-order chi connectivity index (χ0) is 15.9. The minimum atomic E-state index is -0.700. The number of H-pyrrole nitrogens is 1. The van der Waals surface area contributed by atoms with Crippen LogP contribution in [0.4, 0.5) is 5.69 Å². The number of benzene rings is 1. The van der Waals surface area contributed by atoms with Gasteiger partial charge in [-0.3, -0.25) is 19.9 Å². The van der Waals surface area contributed by atoms with Crippen molar-refractivity contribution in [3.8, 4) is 5.69 Å². The van der Waals surface area contributed by atoms with Crippen LogP contribution < -0.4 is 11.2 Å². The Morgan fingerprint density at radius 2 is 2.05 bits per heavy atom. The Labute approximate surface area is 122 Å². The molecule has 0 fully saturated rings. The standard InChI is InChI=1S/C14H10N4O4/c1-8-4-5-9(7-11(8)18(21)22)17-12-10(3-2-6-15-12)13(19)16-14(17)20/h2-7H,1H3,(H,16,19,20). The highest BCUT2D eigenvalue weighted by Gasteiger charge is 2.15. The number of hydrogen-bond donors (Lipinski definition) is 1. The second-order valence-electron chi connectivity index (χ2n) is 4.70. The first-order valence-corrected chi connectivity index (χ1v) is 6.34. The number of aryl methyl sites for hydroxylation is 1. The van der Waals surface area contributed by atoms with E-state index in [9.17, 15) is 19.7 Å². The maximum atomic E-state index is 12.1. The number of aromatic amines is 1. The summed E-state index contributed by atoms with van der Waals surface area (Å²) < 4.78 is 1.14.